The molecule has 2 N–H and O–H groups in total. The van der Waals surface area contributed by atoms with Crippen LogP contribution in [0.1, 0.15) is 32.6 Å². The zero-order chi connectivity index (χ0) is 23.6. The lowest BCUT2D eigenvalue weighted by Crippen LogP contribution is -2.35. The number of nitrogens with one attached hydrogen (secondary N) is 2. The zero-order valence-electron chi connectivity index (χ0n) is 17.9. The van der Waals surface area contributed by atoms with Crippen LogP contribution in [0.15, 0.2) is 52.3 Å². The predicted octanol–water partition coefficient (Wildman–Crippen LogP) is 6.96. The van der Waals surface area contributed by atoms with E-state index in [1.807, 2.05) is 38.2 Å². The van der Waals surface area contributed by atoms with Crippen molar-refractivity contribution in [1.29, 1.82) is 0 Å². The third-order valence-electron chi connectivity index (χ3n) is 4.86. The minimum Gasteiger partial charge on any atom is -0.307 e. The van der Waals surface area contributed by atoms with Gasteiger partial charge in [0.2, 0.25) is 0 Å². The van der Waals surface area contributed by atoms with Gasteiger partial charge in [0.25, 0.3) is 5.91 Å². The highest BCUT2D eigenvalue weighted by atomic mass is 35.5. The Bertz CT molecular complexity index is 1210. The molecule has 3 aromatic carbocycles. The van der Waals surface area contributed by atoms with E-state index >= 15 is 0 Å². The van der Waals surface area contributed by atoms with E-state index in [1.165, 1.54) is 17.3 Å². The number of anilines is 1. The maximum absolute atomic E-state index is 13.8. The van der Waals surface area contributed by atoms with Crippen LogP contribution in [0, 0.1) is 39.3 Å². The van der Waals surface area contributed by atoms with E-state index in [1.54, 1.807) is 13.0 Å². The van der Waals surface area contributed by atoms with Crippen LogP contribution in [0.25, 0.3) is 0 Å². The van der Waals surface area contributed by atoms with Crippen LogP contribution >= 0.6 is 23.4 Å². The molecular formula is C24H21ClF2N2O2S. The van der Waals surface area contributed by atoms with Crippen molar-refractivity contribution in [2.45, 2.75) is 37.5 Å². The fourth-order valence-corrected chi connectivity index (χ4v) is 4.57. The lowest BCUT2D eigenvalue weighted by atomic mass is 10.1. The molecule has 32 heavy (non-hydrogen) atoms. The van der Waals surface area contributed by atoms with Crippen molar-refractivity contribution in [3.05, 3.63) is 86.9 Å². The molecular weight excluding hydrogens is 454 g/mol. The van der Waals surface area contributed by atoms with Crippen LogP contribution in [0.5, 0.6) is 0 Å². The van der Waals surface area contributed by atoms with E-state index in [-0.39, 0.29) is 0 Å². The molecule has 0 heterocycles. The Labute approximate surface area is 194 Å². The summed E-state index contributed by atoms with van der Waals surface area (Å²) < 4.78 is 27.5. The summed E-state index contributed by atoms with van der Waals surface area (Å²) in [5, 5.41) is 4.94. The Morgan fingerprint density at radius 1 is 0.938 bits per heavy atom. The number of carbonyl (C=O) groups is 2. The van der Waals surface area contributed by atoms with Crippen LogP contribution in [0.2, 0.25) is 5.02 Å². The average Bonchev–Trinajstić information content (AvgIpc) is 2.70. The van der Waals surface area contributed by atoms with Crippen LogP contribution in [0.4, 0.5) is 19.3 Å². The van der Waals surface area contributed by atoms with Crippen molar-refractivity contribution >= 4 is 41.0 Å². The second-order valence-corrected chi connectivity index (χ2v) is 8.82. The Kier molecular flexibility index (Phi) is 7.21. The first-order valence-electron chi connectivity index (χ1n) is 9.69. The third kappa shape index (κ3) is 5.11. The molecule has 0 saturated heterocycles. The smallest absolute Gasteiger partial charge is 0.307 e. The molecule has 0 aliphatic heterocycles. The molecule has 0 aliphatic carbocycles. The molecule has 0 radical (unpaired) electrons. The van der Waals surface area contributed by atoms with Crippen molar-refractivity contribution in [3.63, 3.8) is 0 Å². The van der Waals surface area contributed by atoms with Gasteiger partial charge in [-0.05, 0) is 68.7 Å². The number of hydrogen-bond donors (Lipinski definition) is 2. The van der Waals surface area contributed by atoms with E-state index in [2.05, 4.69) is 11.4 Å². The lowest BCUT2D eigenvalue weighted by molar-refractivity contribution is 0.0959. The maximum atomic E-state index is 13.8. The number of hydrogen-bond acceptors (Lipinski definition) is 3. The summed E-state index contributed by atoms with van der Waals surface area (Å²) in [6.45, 7) is 7.66. The summed E-state index contributed by atoms with van der Waals surface area (Å²) in [4.78, 5) is 26.4. The number of aryl methyl sites for hydroxylation is 3. The summed E-state index contributed by atoms with van der Waals surface area (Å²) in [6, 6.07) is 9.98. The Morgan fingerprint density at radius 2 is 1.59 bits per heavy atom. The second kappa shape index (κ2) is 9.71. The second-order valence-electron chi connectivity index (χ2n) is 7.39. The molecule has 3 rings (SSSR count). The highest BCUT2D eigenvalue weighted by Crippen LogP contribution is 2.41. The van der Waals surface area contributed by atoms with E-state index in [0.29, 0.717) is 16.3 Å². The number of amides is 3. The van der Waals surface area contributed by atoms with Gasteiger partial charge < -0.3 is 5.32 Å². The summed E-state index contributed by atoms with van der Waals surface area (Å²) in [5.41, 5.74) is 3.28. The Morgan fingerprint density at radius 3 is 2.22 bits per heavy atom. The first-order chi connectivity index (χ1) is 15.1. The molecule has 0 bridgehead atoms. The first-order valence-corrected chi connectivity index (χ1v) is 10.9. The molecule has 3 amide bonds. The van der Waals surface area contributed by atoms with Gasteiger partial charge in [-0.25, -0.2) is 13.6 Å². The van der Waals surface area contributed by atoms with E-state index in [0.717, 1.165) is 39.1 Å². The molecule has 4 nitrogen and oxygen atoms in total. The van der Waals surface area contributed by atoms with Gasteiger partial charge >= 0.3 is 6.03 Å². The van der Waals surface area contributed by atoms with Crippen LogP contribution in [-0.2, 0) is 0 Å². The normalized spacial score (nSPS) is 10.7. The number of halogens is 3. The molecule has 0 spiro atoms. The number of rotatable bonds is 4. The van der Waals surface area contributed by atoms with Crippen LogP contribution in [-0.4, -0.2) is 11.9 Å². The summed E-state index contributed by atoms with van der Waals surface area (Å²) in [7, 11) is 0. The van der Waals surface area contributed by atoms with Crippen molar-refractivity contribution < 1.29 is 18.4 Å². The van der Waals surface area contributed by atoms with Crippen molar-refractivity contribution in [3.8, 4) is 0 Å². The van der Waals surface area contributed by atoms with Gasteiger partial charge in [0.1, 0.15) is 17.2 Å². The van der Waals surface area contributed by atoms with E-state index in [9.17, 15) is 18.4 Å². The first kappa shape index (κ1) is 23.8. The summed E-state index contributed by atoms with van der Waals surface area (Å²) in [5.74, 6) is -3.29. The maximum Gasteiger partial charge on any atom is 0.326 e. The SMILES string of the molecule is Cc1ccc(Sc2c(C)cc(NC(=O)NC(=O)c3c(F)cccc3F)c(C)c2Cl)c(C)c1. The molecule has 0 aromatic heterocycles. The van der Waals surface area contributed by atoms with Crippen molar-refractivity contribution in [2.75, 3.05) is 5.32 Å². The van der Waals surface area contributed by atoms with Crippen LogP contribution < -0.4 is 10.6 Å². The van der Waals surface area contributed by atoms with Crippen molar-refractivity contribution in [2.24, 2.45) is 0 Å². The molecule has 0 atom stereocenters. The largest absolute Gasteiger partial charge is 0.326 e. The fourth-order valence-electron chi connectivity index (χ4n) is 3.16. The molecule has 0 fully saturated rings. The summed E-state index contributed by atoms with van der Waals surface area (Å²) in [6.07, 6.45) is 0. The number of imide groups is 1. The van der Waals surface area contributed by atoms with Gasteiger partial charge in [0, 0.05) is 15.5 Å². The monoisotopic (exact) mass is 474 g/mol. The third-order valence-corrected chi connectivity index (χ3v) is 6.85. The molecule has 3 aromatic rings. The Balaban J connectivity index is 1.80. The standard InChI is InChI=1S/C24H21ClF2N2O2S/c1-12-8-9-19(13(2)10-12)32-22-14(3)11-18(15(4)21(22)25)28-24(31)29-23(30)20-16(26)6-5-7-17(20)27/h5-11H,1-4H3,(H2,28,29,30,31). The quantitative estimate of drug-likeness (QED) is 0.429. The Hall–Kier alpha value is -2.90. The van der Waals surface area contributed by atoms with Gasteiger partial charge in [-0.3, -0.25) is 10.1 Å². The van der Waals surface area contributed by atoms with E-state index < -0.39 is 29.1 Å². The molecule has 8 heteroatoms. The summed E-state index contributed by atoms with van der Waals surface area (Å²) >= 11 is 8.14. The molecule has 0 unspecified atom stereocenters. The molecule has 166 valence electrons. The van der Waals surface area contributed by atoms with E-state index in [4.69, 9.17) is 11.6 Å². The average molecular weight is 475 g/mol. The number of benzene rings is 3. The van der Waals surface area contributed by atoms with Gasteiger partial charge in [0.05, 0.1) is 5.02 Å². The van der Waals surface area contributed by atoms with Gasteiger partial charge in [0.15, 0.2) is 0 Å². The minimum absolute atomic E-state index is 0.386. The van der Waals surface area contributed by atoms with Crippen LogP contribution in [0.3, 0.4) is 0 Å². The highest BCUT2D eigenvalue weighted by molar-refractivity contribution is 7.99. The van der Waals surface area contributed by atoms with Gasteiger partial charge in [-0.2, -0.15) is 0 Å². The predicted molar refractivity (Wildman–Crippen MR) is 124 cm³/mol. The number of urea groups is 1. The molecule has 0 saturated carbocycles. The minimum atomic E-state index is -1.18. The lowest BCUT2D eigenvalue weighted by Gasteiger charge is -2.17. The van der Waals surface area contributed by atoms with Gasteiger partial charge in [-0.15, -0.1) is 0 Å². The van der Waals surface area contributed by atoms with Gasteiger partial charge in [-0.1, -0.05) is 47.1 Å². The number of carbonyl (C=O) groups excluding carboxylic acids is 2. The molecule has 0 aliphatic rings. The highest BCUT2D eigenvalue weighted by Gasteiger charge is 2.20. The fraction of sp³-hybridized carbons (Fsp3) is 0.167. The zero-order valence-corrected chi connectivity index (χ0v) is 19.5. The topological polar surface area (TPSA) is 58.2 Å². The van der Waals surface area contributed by atoms with Crippen molar-refractivity contribution in [1.82, 2.24) is 5.32 Å².